The summed E-state index contributed by atoms with van der Waals surface area (Å²) < 4.78 is 18.4. The van der Waals surface area contributed by atoms with E-state index in [9.17, 15) is 4.39 Å². The molecule has 0 aliphatic heterocycles. The van der Waals surface area contributed by atoms with Crippen LogP contribution < -0.4 is 10.5 Å². The van der Waals surface area contributed by atoms with Gasteiger partial charge in [0.15, 0.2) is 0 Å². The molecule has 2 N–H and O–H groups in total. The zero-order valence-corrected chi connectivity index (χ0v) is 9.83. The second-order valence-electron chi connectivity index (χ2n) is 3.44. The molecule has 0 amide bonds. The maximum atomic E-state index is 13.4. The largest absolute Gasteiger partial charge is 0.481 e. The highest BCUT2D eigenvalue weighted by atomic mass is 35.5. The second-order valence-corrected chi connectivity index (χ2v) is 3.85. The lowest BCUT2D eigenvalue weighted by Gasteiger charge is -2.07. The summed E-state index contributed by atoms with van der Waals surface area (Å²) in [6.07, 6.45) is 1.57. The average Bonchev–Trinajstić information content (AvgIpc) is 2.34. The Morgan fingerprint density at radius 2 is 2.12 bits per heavy atom. The van der Waals surface area contributed by atoms with Gasteiger partial charge < -0.3 is 10.5 Å². The van der Waals surface area contributed by atoms with Gasteiger partial charge in [-0.2, -0.15) is 0 Å². The maximum Gasteiger partial charge on any atom is 0.213 e. The number of halogens is 2. The molecule has 0 bridgehead atoms. The molecule has 0 spiro atoms. The van der Waals surface area contributed by atoms with Crippen LogP contribution >= 0.6 is 11.6 Å². The van der Waals surface area contributed by atoms with E-state index in [0.717, 1.165) is 5.56 Å². The number of nitrogen functional groups attached to an aromatic ring is 1. The van der Waals surface area contributed by atoms with Gasteiger partial charge in [-0.15, -0.1) is 0 Å². The maximum absolute atomic E-state index is 13.4. The summed E-state index contributed by atoms with van der Waals surface area (Å²) in [4.78, 5) is 3.97. The monoisotopic (exact) mass is 252 g/mol. The van der Waals surface area contributed by atoms with Gasteiger partial charge in [-0.1, -0.05) is 11.6 Å². The van der Waals surface area contributed by atoms with E-state index in [0.29, 0.717) is 16.5 Å². The van der Waals surface area contributed by atoms with Gasteiger partial charge in [0.1, 0.15) is 5.82 Å². The molecule has 0 saturated heterocycles. The quantitative estimate of drug-likeness (QED) is 0.836. The molecule has 88 valence electrons. The minimum atomic E-state index is -0.500. The van der Waals surface area contributed by atoms with Crippen LogP contribution in [0.5, 0.6) is 5.88 Å². The molecule has 1 aromatic heterocycles. The number of pyridine rings is 1. The summed E-state index contributed by atoms with van der Waals surface area (Å²) >= 11 is 6.02. The molecule has 1 heterocycles. The van der Waals surface area contributed by atoms with Gasteiger partial charge in [0.2, 0.25) is 5.88 Å². The third-order valence-electron chi connectivity index (χ3n) is 2.34. The smallest absolute Gasteiger partial charge is 0.213 e. The summed E-state index contributed by atoms with van der Waals surface area (Å²) in [6, 6.07) is 6.09. The molecule has 5 heteroatoms. The van der Waals surface area contributed by atoms with Gasteiger partial charge in [0.25, 0.3) is 0 Å². The summed E-state index contributed by atoms with van der Waals surface area (Å²) in [5.41, 5.74) is 6.73. The van der Waals surface area contributed by atoms with Crippen LogP contribution in [-0.4, -0.2) is 12.1 Å². The van der Waals surface area contributed by atoms with Crippen LogP contribution in [0.25, 0.3) is 11.1 Å². The molecule has 2 aromatic rings. The van der Waals surface area contributed by atoms with E-state index in [1.807, 2.05) is 0 Å². The Morgan fingerprint density at radius 1 is 1.35 bits per heavy atom. The normalized spacial score (nSPS) is 10.3. The first-order chi connectivity index (χ1) is 8.11. The molecular formula is C12H10ClFN2O. The SMILES string of the molecule is COc1cc(-c2cc(F)c(N)cc2Cl)ccn1. The van der Waals surface area contributed by atoms with Gasteiger partial charge in [-0.25, -0.2) is 9.37 Å². The Bertz CT molecular complexity index is 560. The van der Waals surface area contributed by atoms with Crippen molar-refractivity contribution in [2.45, 2.75) is 0 Å². The van der Waals surface area contributed by atoms with E-state index in [-0.39, 0.29) is 5.69 Å². The Morgan fingerprint density at radius 3 is 2.82 bits per heavy atom. The van der Waals surface area contributed by atoms with Crippen molar-refractivity contribution in [3.05, 3.63) is 41.3 Å². The number of methoxy groups -OCH3 is 1. The molecule has 17 heavy (non-hydrogen) atoms. The Balaban J connectivity index is 2.56. The molecule has 0 aliphatic rings. The van der Waals surface area contributed by atoms with Crippen molar-refractivity contribution in [2.24, 2.45) is 0 Å². The van der Waals surface area contributed by atoms with Crippen molar-refractivity contribution < 1.29 is 9.13 Å². The number of nitrogens with two attached hydrogens (primary N) is 1. The molecule has 1 aromatic carbocycles. The molecule has 0 radical (unpaired) electrons. The van der Waals surface area contributed by atoms with Gasteiger partial charge >= 0.3 is 0 Å². The van der Waals surface area contributed by atoms with Crippen molar-refractivity contribution in [1.82, 2.24) is 4.98 Å². The molecule has 0 aliphatic carbocycles. The number of ether oxygens (including phenoxy) is 1. The van der Waals surface area contributed by atoms with Gasteiger partial charge in [0.05, 0.1) is 17.8 Å². The fourth-order valence-corrected chi connectivity index (χ4v) is 1.75. The summed E-state index contributed by atoms with van der Waals surface area (Å²) in [6.45, 7) is 0. The summed E-state index contributed by atoms with van der Waals surface area (Å²) in [7, 11) is 1.51. The summed E-state index contributed by atoms with van der Waals surface area (Å²) in [5.74, 6) is -0.0593. The fourth-order valence-electron chi connectivity index (χ4n) is 1.47. The number of aromatic nitrogens is 1. The Kier molecular flexibility index (Phi) is 3.15. The lowest BCUT2D eigenvalue weighted by Crippen LogP contribution is -1.93. The topological polar surface area (TPSA) is 48.1 Å². The van der Waals surface area contributed by atoms with E-state index in [4.69, 9.17) is 22.1 Å². The number of anilines is 1. The van der Waals surface area contributed by atoms with Crippen molar-refractivity contribution in [3.63, 3.8) is 0 Å². The molecule has 2 rings (SSSR count). The number of nitrogens with zero attached hydrogens (tertiary/aromatic N) is 1. The Hall–Kier alpha value is -1.81. The highest BCUT2D eigenvalue weighted by molar-refractivity contribution is 6.33. The van der Waals surface area contributed by atoms with E-state index >= 15 is 0 Å². The highest BCUT2D eigenvalue weighted by Crippen LogP contribution is 2.32. The van der Waals surface area contributed by atoms with E-state index in [1.165, 1.54) is 19.2 Å². The fraction of sp³-hybridized carbons (Fsp3) is 0.0833. The third kappa shape index (κ3) is 2.31. The minimum absolute atomic E-state index is 0.0276. The predicted molar refractivity (Wildman–Crippen MR) is 65.6 cm³/mol. The van der Waals surface area contributed by atoms with Crippen molar-refractivity contribution in [2.75, 3.05) is 12.8 Å². The van der Waals surface area contributed by atoms with Gasteiger partial charge in [-0.3, -0.25) is 0 Å². The lowest BCUT2D eigenvalue weighted by molar-refractivity contribution is 0.398. The summed E-state index contributed by atoms with van der Waals surface area (Å²) in [5, 5.41) is 0.386. The second kappa shape index (κ2) is 4.59. The number of hydrogen-bond donors (Lipinski definition) is 1. The van der Waals surface area contributed by atoms with Crippen LogP contribution in [0.2, 0.25) is 5.02 Å². The highest BCUT2D eigenvalue weighted by Gasteiger charge is 2.09. The number of rotatable bonds is 2. The Labute approximate surface area is 103 Å². The molecule has 0 fully saturated rings. The van der Waals surface area contributed by atoms with Crippen LogP contribution in [-0.2, 0) is 0 Å². The van der Waals surface area contributed by atoms with Crippen LogP contribution in [0.1, 0.15) is 0 Å². The van der Waals surface area contributed by atoms with E-state index in [2.05, 4.69) is 4.98 Å². The number of benzene rings is 1. The van der Waals surface area contributed by atoms with E-state index < -0.39 is 5.82 Å². The van der Waals surface area contributed by atoms with E-state index in [1.54, 1.807) is 18.3 Å². The zero-order valence-electron chi connectivity index (χ0n) is 9.08. The van der Waals surface area contributed by atoms with Crippen LogP contribution in [0, 0.1) is 5.82 Å². The first-order valence-electron chi connectivity index (χ1n) is 4.86. The van der Waals surface area contributed by atoms with Crippen molar-refractivity contribution in [3.8, 4) is 17.0 Å². The van der Waals surface area contributed by atoms with Crippen LogP contribution in [0.15, 0.2) is 30.5 Å². The molecule has 3 nitrogen and oxygen atoms in total. The van der Waals surface area contributed by atoms with Crippen molar-refractivity contribution >= 4 is 17.3 Å². The van der Waals surface area contributed by atoms with Crippen molar-refractivity contribution in [1.29, 1.82) is 0 Å². The van der Waals surface area contributed by atoms with Gasteiger partial charge in [-0.05, 0) is 23.8 Å². The standard InChI is InChI=1S/C12H10ClFN2O/c1-17-12-4-7(2-3-16-12)8-5-10(14)11(15)6-9(8)13/h2-6H,15H2,1H3. The average molecular weight is 253 g/mol. The third-order valence-corrected chi connectivity index (χ3v) is 2.65. The van der Waals surface area contributed by atoms with Crippen LogP contribution in [0.3, 0.4) is 0 Å². The molecule has 0 unspecified atom stereocenters. The molecular weight excluding hydrogens is 243 g/mol. The van der Waals surface area contributed by atoms with Crippen LogP contribution in [0.4, 0.5) is 10.1 Å². The predicted octanol–water partition coefficient (Wildman–Crippen LogP) is 3.13. The first-order valence-corrected chi connectivity index (χ1v) is 5.24. The minimum Gasteiger partial charge on any atom is -0.481 e. The molecule has 0 atom stereocenters. The molecule has 0 saturated carbocycles. The lowest BCUT2D eigenvalue weighted by atomic mass is 10.1. The van der Waals surface area contributed by atoms with Gasteiger partial charge in [0, 0.05) is 17.8 Å². The first kappa shape index (κ1) is 11.7. The zero-order chi connectivity index (χ0) is 12.4. The number of hydrogen-bond acceptors (Lipinski definition) is 3.